The summed E-state index contributed by atoms with van der Waals surface area (Å²) >= 11 is 0. The summed E-state index contributed by atoms with van der Waals surface area (Å²) in [5, 5.41) is 1.25. The molecule has 8 aromatic rings. The molecule has 0 saturated carbocycles. The van der Waals surface area contributed by atoms with E-state index in [-0.39, 0.29) is 0 Å². The number of aromatic nitrogens is 1. The fourth-order valence-electron chi connectivity index (χ4n) is 6.28. The average Bonchev–Trinajstić information content (AvgIpc) is 3.58. The van der Waals surface area contributed by atoms with Gasteiger partial charge in [0.05, 0.1) is 5.52 Å². The molecule has 0 fully saturated rings. The third-order valence-electron chi connectivity index (χ3n) is 8.61. The van der Waals surface area contributed by atoms with Gasteiger partial charge >= 0.3 is 0 Å². The lowest BCUT2D eigenvalue weighted by molar-refractivity contribution is 1.13. The first-order valence-corrected chi connectivity index (χ1v) is 15.7. The Morgan fingerprint density at radius 2 is 0.804 bits per heavy atom. The second kappa shape index (κ2) is 12.1. The molecule has 0 saturated heterocycles. The molecule has 0 unspecified atom stereocenters. The molecule has 0 amide bonds. The number of rotatable bonds is 7. The molecule has 0 aliphatic carbocycles. The molecule has 0 N–H and O–H groups in total. The van der Waals surface area contributed by atoms with Gasteiger partial charge in [0.25, 0.3) is 0 Å². The fourth-order valence-corrected chi connectivity index (χ4v) is 6.28. The quantitative estimate of drug-likeness (QED) is 0.180. The standard InChI is InChI=1S/C44H32N2/c1-4-12-33(13-5-1)38-30-39(34-14-6-2-7-15-34)32-43(31-38)46(41-17-8-3-9-18-41)42-26-22-36(23-27-42)35-20-24-40(25-21-35)45-29-28-37-16-10-11-19-44(37)45/h1-32H. The molecule has 218 valence electrons. The molecule has 0 aliphatic heterocycles. The first-order valence-electron chi connectivity index (χ1n) is 15.7. The number of hydrogen-bond donors (Lipinski definition) is 0. The van der Waals surface area contributed by atoms with Crippen molar-refractivity contribution in [1.29, 1.82) is 0 Å². The van der Waals surface area contributed by atoms with Gasteiger partial charge in [-0.3, -0.25) is 0 Å². The highest BCUT2D eigenvalue weighted by atomic mass is 15.1. The second-order valence-electron chi connectivity index (χ2n) is 11.5. The highest BCUT2D eigenvalue weighted by Crippen LogP contribution is 2.40. The van der Waals surface area contributed by atoms with Gasteiger partial charge < -0.3 is 9.47 Å². The summed E-state index contributed by atoms with van der Waals surface area (Å²) in [5.74, 6) is 0. The summed E-state index contributed by atoms with van der Waals surface area (Å²) in [6.45, 7) is 0. The van der Waals surface area contributed by atoms with Crippen LogP contribution in [0.1, 0.15) is 0 Å². The van der Waals surface area contributed by atoms with Crippen LogP contribution in [0.5, 0.6) is 0 Å². The van der Waals surface area contributed by atoms with Crippen molar-refractivity contribution < 1.29 is 0 Å². The molecule has 2 nitrogen and oxygen atoms in total. The van der Waals surface area contributed by atoms with E-state index in [0.29, 0.717) is 0 Å². The number of para-hydroxylation sites is 2. The van der Waals surface area contributed by atoms with Crippen molar-refractivity contribution in [2.24, 2.45) is 0 Å². The Labute approximate surface area is 270 Å². The van der Waals surface area contributed by atoms with E-state index in [1.165, 1.54) is 44.3 Å². The molecule has 8 rings (SSSR count). The zero-order valence-corrected chi connectivity index (χ0v) is 25.4. The van der Waals surface area contributed by atoms with Crippen LogP contribution in [0.2, 0.25) is 0 Å². The largest absolute Gasteiger partial charge is 0.317 e. The molecule has 0 bridgehead atoms. The SMILES string of the molecule is c1ccc(-c2cc(-c3ccccc3)cc(N(c3ccccc3)c3ccc(-c4ccc(-n5ccc6ccccc65)cc4)cc3)c2)cc1. The first kappa shape index (κ1) is 27.4. The third-order valence-corrected chi connectivity index (χ3v) is 8.61. The van der Waals surface area contributed by atoms with Crippen LogP contribution < -0.4 is 4.90 Å². The predicted molar refractivity (Wildman–Crippen MR) is 194 cm³/mol. The van der Waals surface area contributed by atoms with E-state index >= 15 is 0 Å². The molecular weight excluding hydrogens is 556 g/mol. The molecule has 2 heteroatoms. The van der Waals surface area contributed by atoms with Crippen molar-refractivity contribution >= 4 is 28.0 Å². The zero-order valence-electron chi connectivity index (χ0n) is 25.4. The van der Waals surface area contributed by atoms with E-state index in [2.05, 4.69) is 204 Å². The van der Waals surface area contributed by atoms with Gasteiger partial charge in [0.2, 0.25) is 0 Å². The maximum absolute atomic E-state index is 2.35. The minimum Gasteiger partial charge on any atom is -0.317 e. The Morgan fingerprint density at radius 1 is 0.326 bits per heavy atom. The lowest BCUT2D eigenvalue weighted by Gasteiger charge is -2.27. The summed E-state index contributed by atoms with van der Waals surface area (Å²) in [7, 11) is 0. The van der Waals surface area contributed by atoms with E-state index in [0.717, 1.165) is 22.7 Å². The summed E-state index contributed by atoms with van der Waals surface area (Å²) in [6, 6.07) is 67.2. The number of hydrogen-bond acceptors (Lipinski definition) is 1. The Hall–Kier alpha value is -6.12. The van der Waals surface area contributed by atoms with Crippen molar-refractivity contribution in [2.45, 2.75) is 0 Å². The molecule has 1 aromatic heterocycles. The number of nitrogens with zero attached hydrogens (tertiary/aromatic N) is 2. The molecule has 0 radical (unpaired) electrons. The fraction of sp³-hybridized carbons (Fsp3) is 0. The van der Waals surface area contributed by atoms with Gasteiger partial charge in [-0.05, 0) is 105 Å². The van der Waals surface area contributed by atoms with Gasteiger partial charge in [0.15, 0.2) is 0 Å². The maximum atomic E-state index is 2.35. The van der Waals surface area contributed by atoms with Crippen LogP contribution in [0.4, 0.5) is 17.1 Å². The van der Waals surface area contributed by atoms with E-state index in [4.69, 9.17) is 0 Å². The highest BCUT2D eigenvalue weighted by molar-refractivity contribution is 5.86. The molecule has 7 aromatic carbocycles. The van der Waals surface area contributed by atoms with Crippen LogP contribution in [-0.4, -0.2) is 4.57 Å². The molecule has 46 heavy (non-hydrogen) atoms. The van der Waals surface area contributed by atoms with Gasteiger partial charge in [-0.1, -0.05) is 121 Å². The van der Waals surface area contributed by atoms with Crippen LogP contribution in [0.15, 0.2) is 194 Å². The van der Waals surface area contributed by atoms with E-state index in [1.54, 1.807) is 0 Å². The van der Waals surface area contributed by atoms with Crippen LogP contribution in [-0.2, 0) is 0 Å². The maximum Gasteiger partial charge on any atom is 0.0528 e. The Kier molecular flexibility index (Phi) is 7.22. The Morgan fingerprint density at radius 3 is 1.41 bits per heavy atom. The van der Waals surface area contributed by atoms with E-state index in [1.807, 2.05) is 0 Å². The molecule has 1 heterocycles. The lowest BCUT2D eigenvalue weighted by atomic mass is 9.97. The minimum atomic E-state index is 1.11. The Balaban J connectivity index is 1.18. The van der Waals surface area contributed by atoms with Crippen molar-refractivity contribution in [1.82, 2.24) is 4.57 Å². The van der Waals surface area contributed by atoms with Crippen molar-refractivity contribution in [3.63, 3.8) is 0 Å². The smallest absolute Gasteiger partial charge is 0.0528 e. The Bertz CT molecular complexity index is 2160. The molecule has 0 atom stereocenters. The van der Waals surface area contributed by atoms with Crippen LogP contribution in [0.25, 0.3) is 50.0 Å². The number of anilines is 3. The van der Waals surface area contributed by atoms with Crippen LogP contribution >= 0.6 is 0 Å². The monoisotopic (exact) mass is 588 g/mol. The number of benzene rings is 7. The van der Waals surface area contributed by atoms with Gasteiger partial charge in [-0.2, -0.15) is 0 Å². The van der Waals surface area contributed by atoms with Crippen molar-refractivity contribution in [3.8, 4) is 39.1 Å². The summed E-state index contributed by atoms with van der Waals surface area (Å²) in [5.41, 5.74) is 12.8. The van der Waals surface area contributed by atoms with Crippen molar-refractivity contribution in [3.05, 3.63) is 194 Å². The normalized spacial score (nSPS) is 11.0. The lowest BCUT2D eigenvalue weighted by Crippen LogP contribution is -2.10. The number of fused-ring (bicyclic) bond motifs is 1. The molecule has 0 spiro atoms. The van der Waals surface area contributed by atoms with Gasteiger partial charge in [0.1, 0.15) is 0 Å². The second-order valence-corrected chi connectivity index (χ2v) is 11.5. The average molecular weight is 589 g/mol. The topological polar surface area (TPSA) is 8.17 Å². The first-order chi connectivity index (χ1) is 22.8. The highest BCUT2D eigenvalue weighted by Gasteiger charge is 2.16. The van der Waals surface area contributed by atoms with E-state index in [9.17, 15) is 0 Å². The van der Waals surface area contributed by atoms with Crippen LogP contribution in [0.3, 0.4) is 0 Å². The van der Waals surface area contributed by atoms with Crippen LogP contribution in [0, 0.1) is 0 Å². The molecule has 0 aliphatic rings. The predicted octanol–water partition coefficient (Wildman–Crippen LogP) is 12.1. The summed E-state index contributed by atoms with van der Waals surface area (Å²) < 4.78 is 2.24. The molecular formula is C44H32N2. The van der Waals surface area contributed by atoms with Gasteiger partial charge in [0, 0.05) is 28.9 Å². The van der Waals surface area contributed by atoms with Gasteiger partial charge in [-0.25, -0.2) is 0 Å². The van der Waals surface area contributed by atoms with Gasteiger partial charge in [-0.15, -0.1) is 0 Å². The van der Waals surface area contributed by atoms with Crippen molar-refractivity contribution in [2.75, 3.05) is 4.90 Å². The summed E-state index contributed by atoms with van der Waals surface area (Å²) in [6.07, 6.45) is 2.14. The third kappa shape index (κ3) is 5.38. The minimum absolute atomic E-state index is 1.11. The summed E-state index contributed by atoms with van der Waals surface area (Å²) in [4.78, 5) is 2.35. The van der Waals surface area contributed by atoms with E-state index < -0.39 is 0 Å². The zero-order chi connectivity index (χ0) is 30.7.